The predicted octanol–water partition coefficient (Wildman–Crippen LogP) is 4.99. The molecular formula is C17H17ClO. The molecule has 0 N–H and O–H groups in total. The minimum Gasteiger partial charge on any atom is -0.497 e. The zero-order chi connectivity index (χ0) is 13.5. The number of methoxy groups -OCH3 is 1. The van der Waals surface area contributed by atoms with Gasteiger partial charge in [0.15, 0.2) is 0 Å². The van der Waals surface area contributed by atoms with Crippen molar-refractivity contribution in [2.75, 3.05) is 7.11 Å². The van der Waals surface area contributed by atoms with Gasteiger partial charge >= 0.3 is 0 Å². The summed E-state index contributed by atoms with van der Waals surface area (Å²) in [6, 6.07) is 16.1. The number of rotatable bonds is 5. The van der Waals surface area contributed by atoms with Gasteiger partial charge in [0.1, 0.15) is 5.75 Å². The highest BCUT2D eigenvalue weighted by atomic mass is 35.5. The Morgan fingerprint density at radius 3 is 2.32 bits per heavy atom. The van der Waals surface area contributed by atoms with E-state index in [1.807, 2.05) is 24.3 Å². The topological polar surface area (TPSA) is 9.23 Å². The van der Waals surface area contributed by atoms with Crippen LogP contribution in [0.2, 0.25) is 5.02 Å². The third kappa shape index (κ3) is 4.46. The molecule has 98 valence electrons. The van der Waals surface area contributed by atoms with Crippen LogP contribution in [0.1, 0.15) is 17.5 Å². The third-order valence-electron chi connectivity index (χ3n) is 2.94. The van der Waals surface area contributed by atoms with Crippen LogP contribution in [0.25, 0.3) is 6.08 Å². The SMILES string of the molecule is COc1ccc(/C=C/CCc2ccc(Cl)cc2)cc1. The summed E-state index contributed by atoms with van der Waals surface area (Å²) >= 11 is 5.85. The summed E-state index contributed by atoms with van der Waals surface area (Å²) in [5, 5.41) is 0.789. The van der Waals surface area contributed by atoms with Crippen LogP contribution in [-0.2, 0) is 6.42 Å². The molecule has 19 heavy (non-hydrogen) atoms. The highest BCUT2D eigenvalue weighted by molar-refractivity contribution is 6.30. The molecule has 0 saturated heterocycles. The molecule has 0 aliphatic heterocycles. The Morgan fingerprint density at radius 1 is 1.00 bits per heavy atom. The van der Waals surface area contributed by atoms with E-state index in [-0.39, 0.29) is 0 Å². The summed E-state index contributed by atoms with van der Waals surface area (Å²) in [4.78, 5) is 0. The highest BCUT2D eigenvalue weighted by Gasteiger charge is 1.92. The lowest BCUT2D eigenvalue weighted by molar-refractivity contribution is 0.415. The van der Waals surface area contributed by atoms with Gasteiger partial charge in [0, 0.05) is 5.02 Å². The van der Waals surface area contributed by atoms with E-state index in [4.69, 9.17) is 16.3 Å². The summed E-state index contributed by atoms with van der Waals surface area (Å²) in [5.74, 6) is 0.887. The zero-order valence-corrected chi connectivity index (χ0v) is 11.7. The molecule has 1 nitrogen and oxygen atoms in total. The Labute approximate surface area is 119 Å². The van der Waals surface area contributed by atoms with E-state index in [1.165, 1.54) is 11.1 Å². The second kappa shape index (κ2) is 7.01. The maximum atomic E-state index is 5.85. The largest absolute Gasteiger partial charge is 0.497 e. The van der Waals surface area contributed by atoms with E-state index in [2.05, 4.69) is 36.4 Å². The average molecular weight is 273 g/mol. The molecule has 0 saturated carbocycles. The lowest BCUT2D eigenvalue weighted by Gasteiger charge is -2.00. The van der Waals surface area contributed by atoms with Gasteiger partial charge in [-0.15, -0.1) is 0 Å². The number of allylic oxidation sites excluding steroid dienone is 1. The molecule has 0 atom stereocenters. The molecule has 2 heteroatoms. The van der Waals surface area contributed by atoms with Crippen LogP contribution >= 0.6 is 11.6 Å². The number of ether oxygens (including phenoxy) is 1. The molecule has 0 spiro atoms. The summed E-state index contributed by atoms with van der Waals surface area (Å²) in [6.07, 6.45) is 6.38. The van der Waals surface area contributed by atoms with E-state index in [0.717, 1.165) is 23.6 Å². The molecule has 2 aromatic carbocycles. The number of benzene rings is 2. The molecule has 0 aliphatic carbocycles. The van der Waals surface area contributed by atoms with Gasteiger partial charge in [-0.2, -0.15) is 0 Å². The van der Waals surface area contributed by atoms with Crippen molar-refractivity contribution in [3.8, 4) is 5.75 Å². The molecular weight excluding hydrogens is 256 g/mol. The van der Waals surface area contributed by atoms with E-state index in [9.17, 15) is 0 Å². The van der Waals surface area contributed by atoms with Gasteiger partial charge in [-0.1, -0.05) is 48.0 Å². The van der Waals surface area contributed by atoms with E-state index >= 15 is 0 Å². The quantitative estimate of drug-likeness (QED) is 0.745. The molecule has 0 fully saturated rings. The van der Waals surface area contributed by atoms with Crippen molar-refractivity contribution in [1.82, 2.24) is 0 Å². The van der Waals surface area contributed by atoms with Gasteiger partial charge in [0.05, 0.1) is 7.11 Å². The zero-order valence-electron chi connectivity index (χ0n) is 11.0. The van der Waals surface area contributed by atoms with Gasteiger partial charge < -0.3 is 4.74 Å². The molecule has 2 rings (SSSR count). The minimum absolute atomic E-state index is 0.789. The van der Waals surface area contributed by atoms with Crippen LogP contribution in [0.15, 0.2) is 54.6 Å². The molecule has 0 unspecified atom stereocenters. The molecule has 0 radical (unpaired) electrons. The van der Waals surface area contributed by atoms with Crippen LogP contribution in [0.3, 0.4) is 0 Å². The number of halogens is 1. The van der Waals surface area contributed by atoms with Crippen LogP contribution in [-0.4, -0.2) is 7.11 Å². The van der Waals surface area contributed by atoms with Gasteiger partial charge in [0.2, 0.25) is 0 Å². The second-order valence-corrected chi connectivity index (χ2v) is 4.78. The summed E-state index contributed by atoms with van der Waals surface area (Å²) in [6.45, 7) is 0. The second-order valence-electron chi connectivity index (χ2n) is 4.34. The van der Waals surface area contributed by atoms with Crippen molar-refractivity contribution in [3.05, 3.63) is 70.8 Å². The predicted molar refractivity (Wildman–Crippen MR) is 81.8 cm³/mol. The van der Waals surface area contributed by atoms with Gasteiger partial charge in [0.25, 0.3) is 0 Å². The first-order valence-corrected chi connectivity index (χ1v) is 6.71. The Hall–Kier alpha value is -1.73. The summed E-state index contributed by atoms with van der Waals surface area (Å²) < 4.78 is 5.13. The standard InChI is InChI=1S/C17H17ClO/c1-19-17-12-8-15(9-13-17)5-3-2-4-14-6-10-16(18)11-7-14/h3,5-13H,2,4H2,1H3/b5-3+. The smallest absolute Gasteiger partial charge is 0.118 e. The molecule has 0 amide bonds. The fraction of sp³-hybridized carbons (Fsp3) is 0.176. The van der Waals surface area contributed by atoms with Crippen molar-refractivity contribution in [2.45, 2.75) is 12.8 Å². The first-order valence-electron chi connectivity index (χ1n) is 6.33. The van der Waals surface area contributed by atoms with Crippen molar-refractivity contribution in [1.29, 1.82) is 0 Å². The Bertz CT molecular complexity index is 526. The lowest BCUT2D eigenvalue weighted by atomic mass is 10.1. The Balaban J connectivity index is 1.84. The first kappa shape index (κ1) is 13.7. The van der Waals surface area contributed by atoms with Crippen molar-refractivity contribution in [2.24, 2.45) is 0 Å². The first-order chi connectivity index (χ1) is 9.28. The van der Waals surface area contributed by atoms with Crippen LogP contribution in [0.4, 0.5) is 0 Å². The van der Waals surface area contributed by atoms with Gasteiger partial charge in [-0.05, 0) is 48.2 Å². The maximum absolute atomic E-state index is 5.85. The lowest BCUT2D eigenvalue weighted by Crippen LogP contribution is -1.83. The number of hydrogen-bond acceptors (Lipinski definition) is 1. The fourth-order valence-corrected chi connectivity index (χ4v) is 1.96. The Kier molecular flexibility index (Phi) is 5.05. The molecule has 0 aliphatic rings. The number of aryl methyl sites for hydroxylation is 1. The maximum Gasteiger partial charge on any atom is 0.118 e. The molecule has 2 aromatic rings. The monoisotopic (exact) mass is 272 g/mol. The average Bonchev–Trinajstić information content (AvgIpc) is 2.46. The molecule has 0 heterocycles. The fourth-order valence-electron chi connectivity index (χ4n) is 1.84. The van der Waals surface area contributed by atoms with E-state index < -0.39 is 0 Å². The van der Waals surface area contributed by atoms with E-state index in [0.29, 0.717) is 0 Å². The summed E-state index contributed by atoms with van der Waals surface area (Å²) in [7, 11) is 1.68. The van der Waals surface area contributed by atoms with Gasteiger partial charge in [-0.25, -0.2) is 0 Å². The van der Waals surface area contributed by atoms with E-state index in [1.54, 1.807) is 7.11 Å². The van der Waals surface area contributed by atoms with Crippen LogP contribution < -0.4 is 4.74 Å². The van der Waals surface area contributed by atoms with Crippen molar-refractivity contribution < 1.29 is 4.74 Å². The number of hydrogen-bond donors (Lipinski definition) is 0. The van der Waals surface area contributed by atoms with Crippen LogP contribution in [0, 0.1) is 0 Å². The third-order valence-corrected chi connectivity index (χ3v) is 3.19. The summed E-state index contributed by atoms with van der Waals surface area (Å²) in [5.41, 5.74) is 2.50. The van der Waals surface area contributed by atoms with Crippen molar-refractivity contribution in [3.63, 3.8) is 0 Å². The Morgan fingerprint density at radius 2 is 1.68 bits per heavy atom. The van der Waals surface area contributed by atoms with Crippen LogP contribution in [0.5, 0.6) is 5.75 Å². The van der Waals surface area contributed by atoms with Gasteiger partial charge in [-0.3, -0.25) is 0 Å². The highest BCUT2D eigenvalue weighted by Crippen LogP contribution is 2.14. The molecule has 0 aromatic heterocycles. The minimum atomic E-state index is 0.789. The normalized spacial score (nSPS) is 10.8. The van der Waals surface area contributed by atoms with Crippen molar-refractivity contribution >= 4 is 17.7 Å². The molecule has 0 bridgehead atoms.